The number of thioether (sulfide) groups is 1. The van der Waals surface area contributed by atoms with Crippen LogP contribution in [0.1, 0.15) is 21.2 Å². The number of aryl methyl sites for hydroxylation is 1. The van der Waals surface area contributed by atoms with Gasteiger partial charge in [-0.2, -0.15) is 0 Å². The van der Waals surface area contributed by atoms with Crippen molar-refractivity contribution in [3.8, 4) is 11.1 Å². The standard InChI is InChI=1S/C19H13ClN2O3S2/c1-10-15(11-2-4-12(20)5-3-11)16-17(21-9-22-18(16)27-10)26-8-13-6-7-14(25-13)19(23)24/h2-7,9H,8H2,1H3,(H,23,24). The number of fused-ring (bicyclic) bond motifs is 1. The molecule has 0 saturated heterocycles. The number of aromatic nitrogens is 2. The number of benzene rings is 1. The lowest BCUT2D eigenvalue weighted by Gasteiger charge is -2.06. The largest absolute Gasteiger partial charge is 0.475 e. The van der Waals surface area contributed by atoms with Gasteiger partial charge in [-0.05, 0) is 36.8 Å². The Hall–Kier alpha value is -2.35. The summed E-state index contributed by atoms with van der Waals surface area (Å²) in [6.07, 6.45) is 1.55. The fourth-order valence-electron chi connectivity index (χ4n) is 2.80. The highest BCUT2D eigenvalue weighted by Crippen LogP contribution is 2.42. The minimum atomic E-state index is -1.07. The summed E-state index contributed by atoms with van der Waals surface area (Å²) < 4.78 is 5.34. The van der Waals surface area contributed by atoms with Crippen LogP contribution in [0.4, 0.5) is 0 Å². The van der Waals surface area contributed by atoms with E-state index in [1.165, 1.54) is 17.8 Å². The third-order valence-electron chi connectivity index (χ3n) is 3.99. The van der Waals surface area contributed by atoms with Crippen LogP contribution in [0.5, 0.6) is 0 Å². The van der Waals surface area contributed by atoms with Gasteiger partial charge in [0.05, 0.1) is 11.1 Å². The topological polar surface area (TPSA) is 76.2 Å². The molecule has 1 N–H and O–H groups in total. The van der Waals surface area contributed by atoms with Gasteiger partial charge in [0, 0.05) is 15.5 Å². The van der Waals surface area contributed by atoms with Crippen LogP contribution < -0.4 is 0 Å². The molecule has 27 heavy (non-hydrogen) atoms. The number of rotatable bonds is 5. The second kappa shape index (κ2) is 7.34. The molecule has 136 valence electrons. The van der Waals surface area contributed by atoms with E-state index in [0.29, 0.717) is 16.5 Å². The normalized spacial score (nSPS) is 11.2. The number of carbonyl (C=O) groups is 1. The summed E-state index contributed by atoms with van der Waals surface area (Å²) in [5.41, 5.74) is 2.16. The van der Waals surface area contributed by atoms with Crippen LogP contribution in [-0.4, -0.2) is 21.0 Å². The molecule has 0 unspecified atom stereocenters. The van der Waals surface area contributed by atoms with Crippen molar-refractivity contribution in [2.75, 3.05) is 0 Å². The smallest absolute Gasteiger partial charge is 0.371 e. The van der Waals surface area contributed by atoms with Crippen molar-refractivity contribution < 1.29 is 14.3 Å². The highest BCUT2D eigenvalue weighted by atomic mass is 35.5. The van der Waals surface area contributed by atoms with Crippen molar-refractivity contribution in [3.63, 3.8) is 0 Å². The van der Waals surface area contributed by atoms with Crippen molar-refractivity contribution >= 4 is 50.9 Å². The van der Waals surface area contributed by atoms with Gasteiger partial charge in [-0.3, -0.25) is 0 Å². The zero-order valence-corrected chi connectivity index (χ0v) is 16.5. The minimum Gasteiger partial charge on any atom is -0.475 e. The lowest BCUT2D eigenvalue weighted by molar-refractivity contribution is 0.0661. The zero-order valence-electron chi connectivity index (χ0n) is 14.1. The molecular formula is C19H13ClN2O3S2. The Balaban J connectivity index is 1.72. The Bertz CT molecular complexity index is 1140. The molecule has 5 nitrogen and oxygen atoms in total. The molecule has 3 heterocycles. The molecule has 0 aliphatic carbocycles. The van der Waals surface area contributed by atoms with Crippen LogP contribution in [0, 0.1) is 6.92 Å². The molecule has 0 radical (unpaired) electrons. The fourth-order valence-corrected chi connectivity index (χ4v) is 4.90. The molecule has 0 spiro atoms. The second-order valence-electron chi connectivity index (χ2n) is 5.76. The predicted molar refractivity (Wildman–Crippen MR) is 108 cm³/mol. The Kier molecular flexibility index (Phi) is 4.90. The molecule has 0 fully saturated rings. The summed E-state index contributed by atoms with van der Waals surface area (Å²) in [7, 11) is 0. The molecular weight excluding hydrogens is 404 g/mol. The number of aromatic carboxylic acids is 1. The highest BCUT2D eigenvalue weighted by Gasteiger charge is 2.18. The van der Waals surface area contributed by atoms with Gasteiger partial charge in [0.25, 0.3) is 0 Å². The van der Waals surface area contributed by atoms with E-state index in [1.807, 2.05) is 24.3 Å². The first-order valence-electron chi connectivity index (χ1n) is 7.98. The van der Waals surface area contributed by atoms with Gasteiger partial charge in [0.2, 0.25) is 5.76 Å². The molecule has 3 aromatic heterocycles. The molecule has 4 aromatic rings. The average molecular weight is 417 g/mol. The molecule has 8 heteroatoms. The maximum absolute atomic E-state index is 11.0. The van der Waals surface area contributed by atoms with Gasteiger partial charge in [-0.25, -0.2) is 14.8 Å². The number of thiophene rings is 1. The molecule has 0 bridgehead atoms. The van der Waals surface area contributed by atoms with Gasteiger partial charge in [0.1, 0.15) is 21.9 Å². The first kappa shape index (κ1) is 18.0. The third kappa shape index (κ3) is 3.58. The maximum atomic E-state index is 11.0. The maximum Gasteiger partial charge on any atom is 0.371 e. The van der Waals surface area contributed by atoms with Crippen LogP contribution in [0.3, 0.4) is 0 Å². The van der Waals surface area contributed by atoms with Crippen molar-refractivity contribution in [1.82, 2.24) is 9.97 Å². The summed E-state index contributed by atoms with van der Waals surface area (Å²) >= 11 is 9.14. The molecule has 0 aliphatic rings. The quantitative estimate of drug-likeness (QED) is 0.322. The summed E-state index contributed by atoms with van der Waals surface area (Å²) in [5.74, 6) is -0.0704. The van der Waals surface area contributed by atoms with Crippen LogP contribution in [0.2, 0.25) is 5.02 Å². The monoisotopic (exact) mass is 416 g/mol. The Labute approximate surface area is 168 Å². The van der Waals surface area contributed by atoms with Crippen molar-refractivity contribution in [2.24, 2.45) is 0 Å². The number of carboxylic acid groups (broad SMARTS) is 1. The molecule has 0 atom stereocenters. The number of furan rings is 1. The third-order valence-corrected chi connectivity index (χ3v) is 6.26. The molecule has 0 saturated carbocycles. The van der Waals surface area contributed by atoms with Gasteiger partial charge >= 0.3 is 5.97 Å². The van der Waals surface area contributed by atoms with Gasteiger partial charge in [-0.1, -0.05) is 35.5 Å². The van der Waals surface area contributed by atoms with E-state index in [0.717, 1.165) is 31.2 Å². The lowest BCUT2D eigenvalue weighted by atomic mass is 10.0. The van der Waals surface area contributed by atoms with Crippen LogP contribution in [0.25, 0.3) is 21.3 Å². The summed E-state index contributed by atoms with van der Waals surface area (Å²) in [6.45, 7) is 2.07. The first-order chi connectivity index (χ1) is 13.0. The van der Waals surface area contributed by atoms with Crippen LogP contribution in [0.15, 0.2) is 52.2 Å². The summed E-state index contributed by atoms with van der Waals surface area (Å²) in [6, 6.07) is 10.9. The van der Waals surface area contributed by atoms with E-state index in [-0.39, 0.29) is 5.76 Å². The Morgan fingerprint density at radius 3 is 2.70 bits per heavy atom. The molecule has 0 aliphatic heterocycles. The number of nitrogens with zero attached hydrogens (tertiary/aromatic N) is 2. The van der Waals surface area contributed by atoms with E-state index in [9.17, 15) is 4.79 Å². The van der Waals surface area contributed by atoms with Crippen molar-refractivity contribution in [1.29, 1.82) is 0 Å². The lowest BCUT2D eigenvalue weighted by Crippen LogP contribution is -1.92. The molecule has 0 amide bonds. The number of halogens is 1. The fraction of sp³-hybridized carbons (Fsp3) is 0.105. The molecule has 4 rings (SSSR count). The van der Waals surface area contributed by atoms with Crippen LogP contribution in [-0.2, 0) is 5.75 Å². The average Bonchev–Trinajstić information content (AvgIpc) is 3.25. The number of carboxylic acids is 1. The number of hydrogen-bond donors (Lipinski definition) is 1. The van der Waals surface area contributed by atoms with E-state index in [2.05, 4.69) is 16.9 Å². The van der Waals surface area contributed by atoms with Crippen LogP contribution >= 0.6 is 34.7 Å². The zero-order chi connectivity index (χ0) is 19.0. The second-order valence-corrected chi connectivity index (χ2v) is 8.36. The predicted octanol–water partition coefficient (Wildman–Crippen LogP) is 5.90. The van der Waals surface area contributed by atoms with E-state index < -0.39 is 5.97 Å². The van der Waals surface area contributed by atoms with E-state index >= 15 is 0 Å². The highest BCUT2D eigenvalue weighted by molar-refractivity contribution is 7.98. The SMILES string of the molecule is Cc1sc2ncnc(SCc3ccc(C(=O)O)o3)c2c1-c1ccc(Cl)cc1. The van der Waals surface area contributed by atoms with Gasteiger partial charge in [0.15, 0.2) is 0 Å². The molecule has 1 aromatic carbocycles. The Morgan fingerprint density at radius 1 is 1.22 bits per heavy atom. The summed E-state index contributed by atoms with van der Waals surface area (Å²) in [5, 5.41) is 11.5. The first-order valence-corrected chi connectivity index (χ1v) is 10.2. The van der Waals surface area contributed by atoms with Crippen molar-refractivity contribution in [2.45, 2.75) is 17.7 Å². The number of hydrogen-bond acceptors (Lipinski definition) is 6. The van der Waals surface area contributed by atoms with Gasteiger partial charge < -0.3 is 9.52 Å². The van der Waals surface area contributed by atoms with Gasteiger partial charge in [-0.15, -0.1) is 11.3 Å². The summed E-state index contributed by atoms with van der Waals surface area (Å²) in [4.78, 5) is 21.9. The van der Waals surface area contributed by atoms with Crippen molar-refractivity contribution in [3.05, 3.63) is 64.1 Å². The van der Waals surface area contributed by atoms with E-state index in [4.69, 9.17) is 21.1 Å². The minimum absolute atomic E-state index is 0.0633. The Morgan fingerprint density at radius 2 is 2.00 bits per heavy atom. The van der Waals surface area contributed by atoms with E-state index in [1.54, 1.807) is 23.7 Å².